The molecule has 0 rings (SSSR count). The van der Waals surface area contributed by atoms with Gasteiger partial charge in [0.15, 0.2) is 0 Å². The van der Waals surface area contributed by atoms with Crippen LogP contribution in [0.3, 0.4) is 0 Å². The Balaban J connectivity index is 3.00. The van der Waals surface area contributed by atoms with E-state index >= 15 is 0 Å². The van der Waals surface area contributed by atoms with E-state index in [2.05, 4.69) is 27.7 Å². The van der Waals surface area contributed by atoms with Gasteiger partial charge in [-0.05, 0) is 24.7 Å². The standard InChI is InChI=1S/C18H38O5/c1-5-8-19-11-12-20-9-6-7-10-21-13-14-22-15-16-23-17-18(2,3)4/h5-17H2,1-4H3. The first-order valence-electron chi connectivity index (χ1n) is 8.95. The molecule has 5 nitrogen and oxygen atoms in total. The lowest BCUT2D eigenvalue weighted by Gasteiger charge is -2.17. The molecule has 0 aliphatic rings. The summed E-state index contributed by atoms with van der Waals surface area (Å²) in [7, 11) is 0. The Morgan fingerprint density at radius 2 is 0.913 bits per heavy atom. The summed E-state index contributed by atoms with van der Waals surface area (Å²) in [6, 6.07) is 0. The molecule has 0 aromatic heterocycles. The largest absolute Gasteiger partial charge is 0.379 e. The van der Waals surface area contributed by atoms with Crippen LogP contribution in [0, 0.1) is 5.41 Å². The smallest absolute Gasteiger partial charge is 0.0701 e. The van der Waals surface area contributed by atoms with Crippen LogP contribution in [-0.4, -0.2) is 66.1 Å². The van der Waals surface area contributed by atoms with E-state index in [1.807, 2.05) is 0 Å². The minimum absolute atomic E-state index is 0.218. The van der Waals surface area contributed by atoms with E-state index in [1.165, 1.54) is 0 Å². The Morgan fingerprint density at radius 1 is 0.522 bits per heavy atom. The maximum atomic E-state index is 5.52. The number of unbranched alkanes of at least 4 members (excludes halogenated alkanes) is 1. The minimum Gasteiger partial charge on any atom is -0.379 e. The normalized spacial score (nSPS) is 12.0. The first kappa shape index (κ1) is 22.8. The van der Waals surface area contributed by atoms with Gasteiger partial charge >= 0.3 is 0 Å². The van der Waals surface area contributed by atoms with Crippen molar-refractivity contribution in [2.75, 3.05) is 66.1 Å². The summed E-state index contributed by atoms with van der Waals surface area (Å²) in [6.45, 7) is 15.6. The van der Waals surface area contributed by atoms with E-state index in [9.17, 15) is 0 Å². The Hall–Kier alpha value is -0.200. The van der Waals surface area contributed by atoms with Gasteiger partial charge in [-0.2, -0.15) is 0 Å². The third kappa shape index (κ3) is 21.8. The molecule has 140 valence electrons. The minimum atomic E-state index is 0.218. The molecule has 0 atom stereocenters. The van der Waals surface area contributed by atoms with Gasteiger partial charge in [-0.1, -0.05) is 27.7 Å². The summed E-state index contributed by atoms with van der Waals surface area (Å²) in [5, 5.41) is 0. The van der Waals surface area contributed by atoms with Crippen molar-refractivity contribution in [2.45, 2.75) is 47.0 Å². The van der Waals surface area contributed by atoms with Crippen LogP contribution in [0.2, 0.25) is 0 Å². The molecule has 0 aromatic carbocycles. The summed E-state index contributed by atoms with van der Waals surface area (Å²) in [4.78, 5) is 0. The second kappa shape index (κ2) is 16.7. The second-order valence-corrected chi connectivity index (χ2v) is 6.77. The summed E-state index contributed by atoms with van der Waals surface area (Å²) in [5.74, 6) is 0. The Kier molecular flexibility index (Phi) is 16.5. The zero-order valence-electron chi connectivity index (χ0n) is 15.7. The van der Waals surface area contributed by atoms with E-state index < -0.39 is 0 Å². The van der Waals surface area contributed by atoms with E-state index in [-0.39, 0.29) is 5.41 Å². The molecule has 5 heteroatoms. The fourth-order valence-corrected chi connectivity index (χ4v) is 1.69. The van der Waals surface area contributed by atoms with E-state index in [4.69, 9.17) is 23.7 Å². The van der Waals surface area contributed by atoms with Crippen molar-refractivity contribution in [1.29, 1.82) is 0 Å². The summed E-state index contributed by atoms with van der Waals surface area (Å²) < 4.78 is 27.3. The van der Waals surface area contributed by atoms with Crippen LogP contribution in [0.15, 0.2) is 0 Å². The fourth-order valence-electron chi connectivity index (χ4n) is 1.69. The molecule has 0 aliphatic carbocycles. The van der Waals surface area contributed by atoms with Crippen LogP contribution in [0.1, 0.15) is 47.0 Å². The predicted octanol–water partition coefficient (Wildman–Crippen LogP) is 3.31. The van der Waals surface area contributed by atoms with Gasteiger partial charge in [-0.3, -0.25) is 0 Å². The zero-order valence-corrected chi connectivity index (χ0v) is 15.7. The lowest BCUT2D eigenvalue weighted by molar-refractivity contribution is -0.00209. The van der Waals surface area contributed by atoms with Crippen LogP contribution in [0.4, 0.5) is 0 Å². The van der Waals surface area contributed by atoms with E-state index in [1.54, 1.807) is 0 Å². The Labute approximate surface area is 143 Å². The van der Waals surface area contributed by atoms with Crippen molar-refractivity contribution in [3.8, 4) is 0 Å². The fraction of sp³-hybridized carbons (Fsp3) is 1.00. The summed E-state index contributed by atoms with van der Waals surface area (Å²) in [6.07, 6.45) is 3.10. The van der Waals surface area contributed by atoms with Crippen LogP contribution >= 0.6 is 0 Å². The van der Waals surface area contributed by atoms with Crippen LogP contribution in [0.25, 0.3) is 0 Å². The van der Waals surface area contributed by atoms with Crippen LogP contribution in [0.5, 0.6) is 0 Å². The highest BCUT2D eigenvalue weighted by molar-refractivity contribution is 4.58. The third-order valence-corrected chi connectivity index (χ3v) is 2.83. The molecule has 0 unspecified atom stereocenters. The molecule has 0 aromatic rings. The molecule has 0 N–H and O–H groups in total. The third-order valence-electron chi connectivity index (χ3n) is 2.83. The summed E-state index contributed by atoms with van der Waals surface area (Å²) >= 11 is 0. The molecule has 0 radical (unpaired) electrons. The van der Waals surface area contributed by atoms with Crippen molar-refractivity contribution in [3.63, 3.8) is 0 Å². The molecule has 0 saturated heterocycles. The Bertz CT molecular complexity index is 228. The molecular weight excluding hydrogens is 296 g/mol. The van der Waals surface area contributed by atoms with Gasteiger partial charge in [0.2, 0.25) is 0 Å². The SMILES string of the molecule is CCCOCCOCCCCOCCOCCOCC(C)(C)C. The van der Waals surface area contributed by atoms with Crippen molar-refractivity contribution >= 4 is 0 Å². The lowest BCUT2D eigenvalue weighted by atomic mass is 9.99. The van der Waals surface area contributed by atoms with Gasteiger partial charge in [0, 0.05) is 19.8 Å². The maximum absolute atomic E-state index is 5.52. The molecule has 0 amide bonds. The molecule has 0 spiro atoms. The number of hydrogen-bond donors (Lipinski definition) is 0. The van der Waals surface area contributed by atoms with Gasteiger partial charge in [0.1, 0.15) is 0 Å². The van der Waals surface area contributed by atoms with Crippen molar-refractivity contribution in [1.82, 2.24) is 0 Å². The van der Waals surface area contributed by atoms with Gasteiger partial charge in [0.05, 0.1) is 46.2 Å². The van der Waals surface area contributed by atoms with Gasteiger partial charge in [0.25, 0.3) is 0 Å². The predicted molar refractivity (Wildman–Crippen MR) is 93.1 cm³/mol. The molecule has 0 bridgehead atoms. The topological polar surface area (TPSA) is 46.2 Å². The summed E-state index contributed by atoms with van der Waals surface area (Å²) in [5.41, 5.74) is 0.218. The highest BCUT2D eigenvalue weighted by Crippen LogP contribution is 2.12. The molecule has 0 fully saturated rings. The highest BCUT2D eigenvalue weighted by atomic mass is 16.5. The average Bonchev–Trinajstić information content (AvgIpc) is 2.49. The lowest BCUT2D eigenvalue weighted by Crippen LogP contribution is -2.17. The maximum Gasteiger partial charge on any atom is 0.0701 e. The number of ether oxygens (including phenoxy) is 5. The molecule has 0 aliphatic heterocycles. The quantitative estimate of drug-likeness (QED) is 0.382. The van der Waals surface area contributed by atoms with E-state index in [0.29, 0.717) is 39.6 Å². The molecule has 23 heavy (non-hydrogen) atoms. The molecular formula is C18H38O5. The average molecular weight is 334 g/mol. The Morgan fingerprint density at radius 3 is 1.35 bits per heavy atom. The van der Waals surface area contributed by atoms with Gasteiger partial charge < -0.3 is 23.7 Å². The molecule has 0 saturated carbocycles. The monoisotopic (exact) mass is 334 g/mol. The van der Waals surface area contributed by atoms with Crippen molar-refractivity contribution in [3.05, 3.63) is 0 Å². The van der Waals surface area contributed by atoms with Gasteiger partial charge in [-0.15, -0.1) is 0 Å². The second-order valence-electron chi connectivity index (χ2n) is 6.77. The first-order valence-corrected chi connectivity index (χ1v) is 8.95. The van der Waals surface area contributed by atoms with Crippen LogP contribution in [-0.2, 0) is 23.7 Å². The van der Waals surface area contributed by atoms with Crippen LogP contribution < -0.4 is 0 Å². The number of rotatable bonds is 17. The van der Waals surface area contributed by atoms with Gasteiger partial charge in [-0.25, -0.2) is 0 Å². The van der Waals surface area contributed by atoms with Crippen molar-refractivity contribution in [2.24, 2.45) is 5.41 Å². The highest BCUT2D eigenvalue weighted by Gasteiger charge is 2.09. The zero-order chi connectivity index (χ0) is 17.2. The van der Waals surface area contributed by atoms with E-state index in [0.717, 1.165) is 45.7 Å². The number of hydrogen-bond acceptors (Lipinski definition) is 5. The van der Waals surface area contributed by atoms with Crippen molar-refractivity contribution < 1.29 is 23.7 Å². The first-order chi connectivity index (χ1) is 11.1. The molecule has 0 heterocycles.